The lowest BCUT2D eigenvalue weighted by atomic mass is 10.1. The number of anilines is 1. The van der Waals surface area contributed by atoms with Crippen LogP contribution in [0.15, 0.2) is 16.6 Å². The largest absolute Gasteiger partial charge is 0.491 e. The Morgan fingerprint density at radius 1 is 1.56 bits per heavy atom. The first-order valence-corrected chi connectivity index (χ1v) is 8.49. The van der Waals surface area contributed by atoms with Crippen LogP contribution in [-0.2, 0) is 0 Å². The molecule has 1 aliphatic heterocycles. The van der Waals surface area contributed by atoms with E-state index >= 15 is 0 Å². The summed E-state index contributed by atoms with van der Waals surface area (Å²) >= 11 is 11.6. The molecule has 1 aromatic carbocycles. The van der Waals surface area contributed by atoms with Crippen LogP contribution in [0, 0.1) is 0 Å². The highest BCUT2D eigenvalue weighted by Crippen LogP contribution is 2.37. The number of hydrogen-bond acceptors (Lipinski definition) is 3. The standard InChI is InChI=1S/C13H17BrClNOS/c1-2-17-13-11(14)6-9(15)7-12(13)16-10-4-3-5-18-8-10/h6-7,10,16H,2-5,8H2,1H3. The molecule has 0 aliphatic carbocycles. The van der Waals surface area contributed by atoms with Gasteiger partial charge in [0, 0.05) is 16.8 Å². The molecule has 0 spiro atoms. The minimum atomic E-state index is 0.508. The molecule has 1 heterocycles. The van der Waals surface area contributed by atoms with Gasteiger partial charge in [0.2, 0.25) is 0 Å². The van der Waals surface area contributed by atoms with E-state index in [0.29, 0.717) is 12.6 Å². The lowest BCUT2D eigenvalue weighted by Crippen LogP contribution is -2.26. The third-order valence-corrected chi connectivity index (χ3v) is 4.84. The molecule has 1 fully saturated rings. The van der Waals surface area contributed by atoms with E-state index in [-0.39, 0.29) is 0 Å². The van der Waals surface area contributed by atoms with Gasteiger partial charge in [0.1, 0.15) is 0 Å². The average Bonchev–Trinajstić information content (AvgIpc) is 2.35. The second kappa shape index (κ2) is 6.92. The van der Waals surface area contributed by atoms with Crippen LogP contribution >= 0.6 is 39.3 Å². The van der Waals surface area contributed by atoms with Gasteiger partial charge >= 0.3 is 0 Å². The summed E-state index contributed by atoms with van der Waals surface area (Å²) in [5, 5.41) is 4.27. The molecular weight excluding hydrogens is 334 g/mol. The van der Waals surface area contributed by atoms with E-state index in [9.17, 15) is 0 Å². The Kier molecular flexibility index (Phi) is 5.52. The maximum Gasteiger partial charge on any atom is 0.156 e. The van der Waals surface area contributed by atoms with Crippen molar-refractivity contribution in [1.29, 1.82) is 0 Å². The molecule has 0 amide bonds. The normalized spacial score (nSPS) is 19.6. The van der Waals surface area contributed by atoms with Gasteiger partial charge in [0.25, 0.3) is 0 Å². The molecule has 1 aliphatic rings. The first-order chi connectivity index (χ1) is 8.70. The van der Waals surface area contributed by atoms with E-state index < -0.39 is 0 Å². The van der Waals surface area contributed by atoms with E-state index in [1.807, 2.05) is 30.8 Å². The molecule has 0 saturated carbocycles. The highest BCUT2D eigenvalue weighted by molar-refractivity contribution is 9.10. The Morgan fingerprint density at radius 3 is 3.06 bits per heavy atom. The fraction of sp³-hybridized carbons (Fsp3) is 0.538. The Hall–Kier alpha value is -0.0600. The second-order valence-electron chi connectivity index (χ2n) is 4.26. The van der Waals surface area contributed by atoms with Crippen LogP contribution in [0.1, 0.15) is 19.8 Å². The van der Waals surface area contributed by atoms with E-state index in [0.717, 1.165) is 26.7 Å². The van der Waals surface area contributed by atoms with Crippen LogP contribution in [0.3, 0.4) is 0 Å². The molecule has 2 nitrogen and oxygen atoms in total. The van der Waals surface area contributed by atoms with Gasteiger partial charge in [-0.1, -0.05) is 11.6 Å². The van der Waals surface area contributed by atoms with Crippen molar-refractivity contribution in [2.45, 2.75) is 25.8 Å². The van der Waals surface area contributed by atoms with E-state index in [1.54, 1.807) is 0 Å². The van der Waals surface area contributed by atoms with Gasteiger partial charge in [-0.05, 0) is 53.6 Å². The summed E-state index contributed by atoms with van der Waals surface area (Å²) < 4.78 is 6.59. The number of benzene rings is 1. The maximum atomic E-state index is 6.11. The zero-order valence-corrected chi connectivity index (χ0v) is 13.5. The lowest BCUT2D eigenvalue weighted by molar-refractivity contribution is 0.339. The summed E-state index contributed by atoms with van der Waals surface area (Å²) in [4.78, 5) is 0. The summed E-state index contributed by atoms with van der Waals surface area (Å²) in [6.45, 7) is 2.63. The summed E-state index contributed by atoms with van der Waals surface area (Å²) in [7, 11) is 0. The van der Waals surface area contributed by atoms with Gasteiger partial charge in [0.15, 0.2) is 5.75 Å². The summed E-state index contributed by atoms with van der Waals surface area (Å²) in [5.74, 6) is 3.28. The van der Waals surface area contributed by atoms with Crippen molar-refractivity contribution in [3.05, 3.63) is 21.6 Å². The van der Waals surface area contributed by atoms with Crippen molar-refractivity contribution in [2.75, 3.05) is 23.4 Å². The third kappa shape index (κ3) is 3.72. The molecule has 0 radical (unpaired) electrons. The quantitative estimate of drug-likeness (QED) is 0.842. The van der Waals surface area contributed by atoms with Crippen molar-refractivity contribution >= 4 is 45.0 Å². The molecule has 1 aromatic rings. The molecule has 2 rings (SSSR count). The predicted octanol–water partition coefficient (Wildman–Crippen LogP) is 4.81. The van der Waals surface area contributed by atoms with Crippen molar-refractivity contribution in [3.8, 4) is 5.75 Å². The van der Waals surface area contributed by atoms with Crippen molar-refractivity contribution < 1.29 is 4.74 Å². The molecule has 5 heteroatoms. The Labute approximate surface area is 126 Å². The number of halogens is 2. The molecule has 1 unspecified atom stereocenters. The third-order valence-electron chi connectivity index (χ3n) is 2.82. The summed E-state index contributed by atoms with van der Waals surface area (Å²) in [6.07, 6.45) is 2.48. The highest BCUT2D eigenvalue weighted by atomic mass is 79.9. The van der Waals surface area contributed by atoms with Crippen LogP contribution < -0.4 is 10.1 Å². The molecule has 1 atom stereocenters. The first kappa shape index (κ1) is 14.4. The van der Waals surface area contributed by atoms with Crippen LogP contribution in [0.25, 0.3) is 0 Å². The smallest absolute Gasteiger partial charge is 0.156 e. The maximum absolute atomic E-state index is 6.11. The molecular formula is C13H17BrClNOS. The van der Waals surface area contributed by atoms with Crippen molar-refractivity contribution in [1.82, 2.24) is 0 Å². The van der Waals surface area contributed by atoms with Crippen molar-refractivity contribution in [2.24, 2.45) is 0 Å². The second-order valence-corrected chi connectivity index (χ2v) is 6.70. The summed E-state index contributed by atoms with van der Waals surface area (Å²) in [6, 6.07) is 4.32. The average molecular weight is 351 g/mol. The van der Waals surface area contributed by atoms with Crippen LogP contribution in [0.5, 0.6) is 5.75 Å². The van der Waals surface area contributed by atoms with E-state index in [1.165, 1.54) is 18.6 Å². The number of nitrogens with one attached hydrogen (secondary N) is 1. The zero-order valence-electron chi connectivity index (χ0n) is 10.3. The topological polar surface area (TPSA) is 21.3 Å². The molecule has 1 N–H and O–H groups in total. The monoisotopic (exact) mass is 349 g/mol. The molecule has 18 heavy (non-hydrogen) atoms. The number of hydrogen-bond donors (Lipinski definition) is 1. The Bertz CT molecular complexity index is 410. The summed E-state index contributed by atoms with van der Waals surface area (Å²) in [5.41, 5.74) is 0.990. The minimum absolute atomic E-state index is 0.508. The van der Waals surface area contributed by atoms with Gasteiger partial charge in [-0.2, -0.15) is 11.8 Å². The van der Waals surface area contributed by atoms with E-state index in [4.69, 9.17) is 16.3 Å². The molecule has 0 aromatic heterocycles. The highest BCUT2D eigenvalue weighted by Gasteiger charge is 2.17. The zero-order chi connectivity index (χ0) is 13.0. The Morgan fingerprint density at radius 2 is 2.39 bits per heavy atom. The molecule has 0 bridgehead atoms. The van der Waals surface area contributed by atoms with Crippen LogP contribution in [0.2, 0.25) is 5.02 Å². The first-order valence-electron chi connectivity index (χ1n) is 6.17. The van der Waals surface area contributed by atoms with Gasteiger partial charge in [-0.25, -0.2) is 0 Å². The Balaban J connectivity index is 2.18. The fourth-order valence-electron chi connectivity index (χ4n) is 2.03. The molecule has 100 valence electrons. The number of thioether (sulfide) groups is 1. The fourth-order valence-corrected chi connectivity index (χ4v) is 4.03. The predicted molar refractivity (Wildman–Crippen MR) is 84.3 cm³/mol. The van der Waals surface area contributed by atoms with Crippen LogP contribution in [0.4, 0.5) is 5.69 Å². The SMILES string of the molecule is CCOc1c(Br)cc(Cl)cc1NC1CCCSC1. The van der Waals surface area contributed by atoms with Gasteiger partial charge in [-0.15, -0.1) is 0 Å². The van der Waals surface area contributed by atoms with Crippen LogP contribution in [-0.4, -0.2) is 24.2 Å². The molecule has 1 saturated heterocycles. The van der Waals surface area contributed by atoms with Crippen molar-refractivity contribution in [3.63, 3.8) is 0 Å². The van der Waals surface area contributed by atoms with E-state index in [2.05, 4.69) is 21.2 Å². The number of rotatable bonds is 4. The van der Waals surface area contributed by atoms with Gasteiger partial charge in [0.05, 0.1) is 16.8 Å². The number of ether oxygens (including phenoxy) is 1. The van der Waals surface area contributed by atoms with Gasteiger partial charge in [-0.3, -0.25) is 0 Å². The van der Waals surface area contributed by atoms with Gasteiger partial charge < -0.3 is 10.1 Å². The minimum Gasteiger partial charge on any atom is -0.491 e. The lowest BCUT2D eigenvalue weighted by Gasteiger charge is -2.25.